The summed E-state index contributed by atoms with van der Waals surface area (Å²) in [5, 5.41) is 3.54. The molecule has 0 radical (unpaired) electrons. The Morgan fingerprint density at radius 2 is 2.05 bits per heavy atom. The number of thioether (sulfide) groups is 1. The van der Waals surface area contributed by atoms with E-state index in [1.165, 1.54) is 11.1 Å². The average molecular weight is 294 g/mol. The zero-order chi connectivity index (χ0) is 13.8. The molecular weight excluding hydrogens is 276 g/mol. The summed E-state index contributed by atoms with van der Waals surface area (Å²) in [6.07, 6.45) is 0. The van der Waals surface area contributed by atoms with Crippen LogP contribution < -0.4 is 5.32 Å². The van der Waals surface area contributed by atoms with Crippen LogP contribution in [0, 0.1) is 6.92 Å². The molecule has 0 saturated carbocycles. The minimum absolute atomic E-state index is 0.0842. The molecule has 19 heavy (non-hydrogen) atoms. The minimum Gasteiger partial charge on any atom is -0.351 e. The number of hydrogen-bond acceptors (Lipinski definition) is 3. The van der Waals surface area contributed by atoms with Gasteiger partial charge in [0.15, 0.2) is 5.11 Å². The number of carbonyl (C=O) groups is 1. The van der Waals surface area contributed by atoms with Crippen LogP contribution in [0.3, 0.4) is 0 Å². The van der Waals surface area contributed by atoms with Gasteiger partial charge in [-0.05, 0) is 31.6 Å². The number of thiocarbonyl (C=S) groups is 1. The lowest BCUT2D eigenvalue weighted by molar-refractivity contribution is -0.126. The van der Waals surface area contributed by atoms with Crippen molar-refractivity contribution in [3.8, 4) is 0 Å². The second kappa shape index (κ2) is 6.39. The van der Waals surface area contributed by atoms with E-state index in [0.717, 1.165) is 11.5 Å². The van der Waals surface area contributed by atoms with Crippen LogP contribution in [-0.2, 0) is 10.5 Å². The first-order chi connectivity index (χ1) is 9.08. The van der Waals surface area contributed by atoms with Crippen LogP contribution in [0.25, 0.3) is 0 Å². The number of nitrogens with one attached hydrogen (secondary N) is 1. The van der Waals surface area contributed by atoms with Gasteiger partial charge < -0.3 is 5.32 Å². The van der Waals surface area contributed by atoms with E-state index in [0.29, 0.717) is 11.7 Å². The van der Waals surface area contributed by atoms with Crippen LogP contribution in [-0.4, -0.2) is 34.3 Å². The first kappa shape index (κ1) is 14.3. The maximum atomic E-state index is 11.8. The van der Waals surface area contributed by atoms with Gasteiger partial charge in [-0.25, -0.2) is 0 Å². The standard InChI is InChI=1S/C14H18N2OS2/c1-10-3-5-12(6-4-10)9-19-8-7-16-13(17)11(2)15-14(16)18/h3-6,11H,7-9H2,1-2H3,(H,15,18)/t11-/m1/s1. The Kier molecular flexibility index (Phi) is 4.82. The van der Waals surface area contributed by atoms with Crippen molar-refractivity contribution in [1.82, 2.24) is 10.2 Å². The number of aryl methyl sites for hydroxylation is 1. The number of carbonyl (C=O) groups excluding carboxylic acids is 1. The van der Waals surface area contributed by atoms with Gasteiger partial charge in [0.05, 0.1) is 0 Å². The molecule has 0 unspecified atom stereocenters. The zero-order valence-electron chi connectivity index (χ0n) is 11.2. The van der Waals surface area contributed by atoms with Crippen LogP contribution in [0.1, 0.15) is 18.1 Å². The molecule has 1 aliphatic rings. The average Bonchev–Trinajstić information content (AvgIpc) is 2.62. The van der Waals surface area contributed by atoms with Gasteiger partial charge in [-0.2, -0.15) is 11.8 Å². The monoisotopic (exact) mass is 294 g/mol. The van der Waals surface area contributed by atoms with Gasteiger partial charge in [-0.15, -0.1) is 0 Å². The van der Waals surface area contributed by atoms with E-state index in [2.05, 4.69) is 36.5 Å². The molecule has 2 rings (SSSR count). The smallest absolute Gasteiger partial charge is 0.251 e. The fourth-order valence-electron chi connectivity index (χ4n) is 1.90. The molecule has 1 aromatic rings. The second-order valence-electron chi connectivity index (χ2n) is 4.70. The van der Waals surface area contributed by atoms with Gasteiger partial charge in [0.2, 0.25) is 0 Å². The Morgan fingerprint density at radius 1 is 1.37 bits per heavy atom. The van der Waals surface area contributed by atoms with E-state index in [1.807, 2.05) is 18.7 Å². The van der Waals surface area contributed by atoms with E-state index in [-0.39, 0.29) is 11.9 Å². The predicted octanol–water partition coefficient (Wildman–Crippen LogP) is 2.33. The quantitative estimate of drug-likeness (QED) is 0.667. The molecule has 1 aliphatic heterocycles. The first-order valence-corrected chi connectivity index (χ1v) is 7.89. The highest BCUT2D eigenvalue weighted by Gasteiger charge is 2.31. The van der Waals surface area contributed by atoms with Gasteiger partial charge in [-0.1, -0.05) is 29.8 Å². The number of amides is 1. The van der Waals surface area contributed by atoms with Gasteiger partial charge in [0.25, 0.3) is 5.91 Å². The summed E-state index contributed by atoms with van der Waals surface area (Å²) in [4.78, 5) is 13.5. The molecule has 0 bridgehead atoms. The van der Waals surface area contributed by atoms with Crippen LogP contribution >= 0.6 is 24.0 Å². The van der Waals surface area contributed by atoms with Crippen molar-refractivity contribution in [3.63, 3.8) is 0 Å². The van der Waals surface area contributed by atoms with E-state index >= 15 is 0 Å². The summed E-state index contributed by atoms with van der Waals surface area (Å²) in [5.41, 5.74) is 2.60. The van der Waals surface area contributed by atoms with Gasteiger partial charge in [-0.3, -0.25) is 9.69 Å². The van der Waals surface area contributed by atoms with Crippen molar-refractivity contribution in [2.24, 2.45) is 0 Å². The molecule has 1 aromatic carbocycles. The molecule has 1 saturated heterocycles. The van der Waals surface area contributed by atoms with E-state index in [1.54, 1.807) is 4.90 Å². The summed E-state index contributed by atoms with van der Waals surface area (Å²) in [7, 11) is 0. The largest absolute Gasteiger partial charge is 0.351 e. The third-order valence-corrected chi connectivity index (χ3v) is 4.42. The van der Waals surface area contributed by atoms with Crippen molar-refractivity contribution in [1.29, 1.82) is 0 Å². The fourth-order valence-corrected chi connectivity index (χ4v) is 3.14. The summed E-state index contributed by atoms with van der Waals surface area (Å²) < 4.78 is 0. The Balaban J connectivity index is 1.74. The normalized spacial score (nSPS) is 18.8. The summed E-state index contributed by atoms with van der Waals surface area (Å²) >= 11 is 6.96. The molecule has 0 aromatic heterocycles. The molecule has 102 valence electrons. The molecule has 5 heteroatoms. The molecule has 1 amide bonds. The van der Waals surface area contributed by atoms with Crippen LogP contribution in [0.4, 0.5) is 0 Å². The van der Waals surface area contributed by atoms with Crippen molar-refractivity contribution < 1.29 is 4.79 Å². The van der Waals surface area contributed by atoms with Crippen molar-refractivity contribution in [2.75, 3.05) is 12.3 Å². The second-order valence-corrected chi connectivity index (χ2v) is 6.19. The lowest BCUT2D eigenvalue weighted by Gasteiger charge is -2.14. The molecule has 1 N–H and O–H groups in total. The molecular formula is C14H18N2OS2. The summed E-state index contributed by atoms with van der Waals surface area (Å²) in [6.45, 7) is 4.62. The van der Waals surface area contributed by atoms with Gasteiger partial charge >= 0.3 is 0 Å². The Morgan fingerprint density at radius 3 is 2.63 bits per heavy atom. The van der Waals surface area contributed by atoms with Gasteiger partial charge in [0, 0.05) is 18.1 Å². The third kappa shape index (κ3) is 3.70. The third-order valence-electron chi connectivity index (χ3n) is 3.07. The highest BCUT2D eigenvalue weighted by molar-refractivity contribution is 7.98. The highest BCUT2D eigenvalue weighted by atomic mass is 32.2. The number of nitrogens with zero attached hydrogens (tertiary/aromatic N) is 1. The molecule has 1 heterocycles. The minimum atomic E-state index is -0.172. The van der Waals surface area contributed by atoms with Crippen molar-refractivity contribution in [2.45, 2.75) is 25.6 Å². The summed E-state index contributed by atoms with van der Waals surface area (Å²) in [6, 6.07) is 8.38. The lowest BCUT2D eigenvalue weighted by Crippen LogP contribution is -2.33. The molecule has 1 atom stereocenters. The molecule has 0 spiro atoms. The maximum absolute atomic E-state index is 11.8. The highest BCUT2D eigenvalue weighted by Crippen LogP contribution is 2.14. The maximum Gasteiger partial charge on any atom is 0.251 e. The number of rotatable bonds is 5. The van der Waals surface area contributed by atoms with Crippen molar-refractivity contribution in [3.05, 3.63) is 35.4 Å². The Bertz CT molecular complexity index is 473. The van der Waals surface area contributed by atoms with Crippen LogP contribution in [0.5, 0.6) is 0 Å². The zero-order valence-corrected chi connectivity index (χ0v) is 12.8. The molecule has 1 fully saturated rings. The van der Waals surface area contributed by atoms with E-state index in [4.69, 9.17) is 12.2 Å². The van der Waals surface area contributed by atoms with Crippen LogP contribution in [0.2, 0.25) is 0 Å². The Labute approximate surface area is 123 Å². The first-order valence-electron chi connectivity index (χ1n) is 6.33. The topological polar surface area (TPSA) is 32.3 Å². The number of benzene rings is 1. The number of hydrogen-bond donors (Lipinski definition) is 1. The SMILES string of the molecule is Cc1ccc(CSCCN2C(=O)[C@@H](C)NC2=S)cc1. The summed E-state index contributed by atoms with van der Waals surface area (Å²) in [5.74, 6) is 1.95. The van der Waals surface area contributed by atoms with Crippen molar-refractivity contribution >= 4 is 35.0 Å². The predicted molar refractivity (Wildman–Crippen MR) is 84.2 cm³/mol. The Hall–Kier alpha value is -1.07. The van der Waals surface area contributed by atoms with Crippen LogP contribution in [0.15, 0.2) is 24.3 Å². The lowest BCUT2D eigenvalue weighted by atomic mass is 10.2. The molecule has 0 aliphatic carbocycles. The van der Waals surface area contributed by atoms with E-state index < -0.39 is 0 Å². The molecule has 3 nitrogen and oxygen atoms in total. The van der Waals surface area contributed by atoms with E-state index in [9.17, 15) is 4.79 Å². The van der Waals surface area contributed by atoms with Gasteiger partial charge in [0.1, 0.15) is 6.04 Å². The fraction of sp³-hybridized carbons (Fsp3) is 0.429.